The van der Waals surface area contributed by atoms with Crippen molar-refractivity contribution in [3.05, 3.63) is 23.3 Å². The summed E-state index contributed by atoms with van der Waals surface area (Å²) in [6, 6.07) is 0. The molecular weight excluding hydrogens is 232 g/mol. The van der Waals surface area contributed by atoms with Crippen molar-refractivity contribution in [1.29, 1.82) is 0 Å². The zero-order valence-electron chi connectivity index (χ0n) is 11.0. The van der Waals surface area contributed by atoms with E-state index >= 15 is 0 Å². The Balaban J connectivity index is 3.58. The van der Waals surface area contributed by atoms with Gasteiger partial charge in [-0.15, -0.1) is 18.0 Å². The number of rotatable bonds is 9. The summed E-state index contributed by atoms with van der Waals surface area (Å²) in [6.07, 6.45) is 13.8. The Bertz CT molecular complexity index is 284. The van der Waals surface area contributed by atoms with Crippen molar-refractivity contribution in [1.82, 2.24) is 0 Å². The average Bonchev–Trinajstić information content (AvgIpc) is 2.29. The Morgan fingerprint density at radius 3 is 2.59 bits per heavy atom. The number of ether oxygens (including phenoxy) is 1. The fourth-order valence-electron chi connectivity index (χ4n) is 1.47. The van der Waals surface area contributed by atoms with Gasteiger partial charge in [-0.1, -0.05) is 29.2 Å². The summed E-state index contributed by atoms with van der Waals surface area (Å²) in [5, 5.41) is 0. The molecule has 0 aliphatic carbocycles. The van der Waals surface area contributed by atoms with Crippen LogP contribution in [0.4, 0.5) is 0 Å². The van der Waals surface area contributed by atoms with Crippen LogP contribution in [0.1, 0.15) is 39.5 Å². The number of hydrogen-bond donors (Lipinski definition) is 0. The highest BCUT2D eigenvalue weighted by Gasteiger charge is 1.93. The molecule has 0 saturated heterocycles. The van der Waals surface area contributed by atoms with Crippen molar-refractivity contribution in [2.24, 2.45) is 0 Å². The van der Waals surface area contributed by atoms with Crippen LogP contribution in [-0.4, -0.2) is 19.1 Å². The number of terminal acetylenes is 1. The fourth-order valence-corrected chi connectivity index (χ4v) is 1.73. The maximum atomic E-state index is 5.63. The van der Waals surface area contributed by atoms with Crippen LogP contribution >= 0.6 is 11.6 Å². The van der Waals surface area contributed by atoms with Gasteiger partial charge in [0.05, 0.1) is 0 Å². The van der Waals surface area contributed by atoms with E-state index in [1.165, 1.54) is 11.1 Å². The fraction of sp³-hybridized carbons (Fsp3) is 0.600. The van der Waals surface area contributed by atoms with Crippen LogP contribution < -0.4 is 0 Å². The molecule has 0 radical (unpaired) electrons. The molecule has 0 saturated carbocycles. The van der Waals surface area contributed by atoms with Gasteiger partial charge < -0.3 is 4.74 Å². The van der Waals surface area contributed by atoms with E-state index in [4.69, 9.17) is 22.8 Å². The van der Waals surface area contributed by atoms with E-state index in [0.717, 1.165) is 32.3 Å². The lowest BCUT2D eigenvalue weighted by Gasteiger charge is -2.02. The summed E-state index contributed by atoms with van der Waals surface area (Å²) in [5.41, 5.74) is 2.79. The van der Waals surface area contributed by atoms with Gasteiger partial charge in [-0.3, -0.25) is 0 Å². The van der Waals surface area contributed by atoms with Crippen LogP contribution in [0.3, 0.4) is 0 Å². The third-order valence-electron chi connectivity index (χ3n) is 2.50. The van der Waals surface area contributed by atoms with E-state index < -0.39 is 0 Å². The van der Waals surface area contributed by atoms with Crippen molar-refractivity contribution in [3.63, 3.8) is 0 Å². The Kier molecular flexibility index (Phi) is 11.3. The number of hydrogen-bond acceptors (Lipinski definition) is 1. The minimum Gasteiger partial charge on any atom is -0.369 e. The second-order valence-electron chi connectivity index (χ2n) is 4.15. The van der Waals surface area contributed by atoms with Gasteiger partial charge in [0, 0.05) is 12.5 Å². The highest BCUT2D eigenvalue weighted by molar-refractivity contribution is 6.18. The second kappa shape index (κ2) is 11.8. The minimum atomic E-state index is 0.422. The summed E-state index contributed by atoms with van der Waals surface area (Å²) < 4.78 is 5.22. The molecule has 0 heterocycles. The SMILES string of the molecule is C#CCOCCCC(C)=CCCC(C)=CCCl. The lowest BCUT2D eigenvalue weighted by Crippen LogP contribution is -1.94. The van der Waals surface area contributed by atoms with E-state index in [0.29, 0.717) is 12.5 Å². The van der Waals surface area contributed by atoms with Crippen molar-refractivity contribution in [2.45, 2.75) is 39.5 Å². The van der Waals surface area contributed by atoms with Crippen molar-refractivity contribution < 1.29 is 4.74 Å². The Labute approximate surface area is 111 Å². The molecule has 0 aromatic heterocycles. The molecule has 0 N–H and O–H groups in total. The number of alkyl halides is 1. The quantitative estimate of drug-likeness (QED) is 0.258. The van der Waals surface area contributed by atoms with Crippen molar-refractivity contribution >= 4 is 11.6 Å². The van der Waals surface area contributed by atoms with Gasteiger partial charge in [0.2, 0.25) is 0 Å². The zero-order chi connectivity index (χ0) is 12.9. The van der Waals surface area contributed by atoms with Crippen LogP contribution in [0.25, 0.3) is 0 Å². The first kappa shape index (κ1) is 16.3. The molecule has 0 atom stereocenters. The van der Waals surface area contributed by atoms with Crippen molar-refractivity contribution in [3.8, 4) is 12.3 Å². The van der Waals surface area contributed by atoms with E-state index in [9.17, 15) is 0 Å². The van der Waals surface area contributed by atoms with Gasteiger partial charge in [0.1, 0.15) is 6.61 Å². The van der Waals surface area contributed by atoms with Crippen molar-refractivity contribution in [2.75, 3.05) is 19.1 Å². The normalized spacial score (nSPS) is 12.6. The first-order valence-electron chi connectivity index (χ1n) is 6.09. The molecule has 0 spiro atoms. The monoisotopic (exact) mass is 254 g/mol. The molecule has 0 bridgehead atoms. The van der Waals surface area contributed by atoms with Crippen LogP contribution in [0.15, 0.2) is 23.3 Å². The van der Waals surface area contributed by atoms with E-state index in [2.05, 4.69) is 31.9 Å². The summed E-state index contributed by atoms with van der Waals surface area (Å²) in [4.78, 5) is 0. The van der Waals surface area contributed by atoms with E-state index in [1.807, 2.05) is 0 Å². The largest absolute Gasteiger partial charge is 0.369 e. The van der Waals surface area contributed by atoms with E-state index in [-0.39, 0.29) is 0 Å². The van der Waals surface area contributed by atoms with E-state index in [1.54, 1.807) is 0 Å². The summed E-state index contributed by atoms with van der Waals surface area (Å²) in [7, 11) is 0. The van der Waals surface area contributed by atoms with Crippen LogP contribution in [0.2, 0.25) is 0 Å². The minimum absolute atomic E-state index is 0.422. The molecule has 0 aliphatic rings. The maximum absolute atomic E-state index is 5.63. The molecule has 0 rings (SSSR count). The summed E-state index contributed by atoms with van der Waals surface area (Å²) in [5.74, 6) is 3.07. The molecular formula is C15H23ClO. The molecule has 17 heavy (non-hydrogen) atoms. The summed E-state index contributed by atoms with van der Waals surface area (Å²) in [6.45, 7) is 5.47. The van der Waals surface area contributed by atoms with Gasteiger partial charge >= 0.3 is 0 Å². The molecule has 0 unspecified atom stereocenters. The van der Waals surface area contributed by atoms with Gasteiger partial charge in [-0.05, 0) is 39.5 Å². The van der Waals surface area contributed by atoms with Crippen LogP contribution in [0, 0.1) is 12.3 Å². The Morgan fingerprint density at radius 2 is 1.94 bits per heavy atom. The highest BCUT2D eigenvalue weighted by atomic mass is 35.5. The lowest BCUT2D eigenvalue weighted by atomic mass is 10.1. The van der Waals surface area contributed by atoms with Gasteiger partial charge in [0.25, 0.3) is 0 Å². The zero-order valence-corrected chi connectivity index (χ0v) is 11.7. The third-order valence-corrected chi connectivity index (χ3v) is 2.66. The predicted octanol–water partition coefficient (Wildman–Crippen LogP) is 4.33. The first-order chi connectivity index (χ1) is 8.20. The molecule has 0 aromatic carbocycles. The topological polar surface area (TPSA) is 9.23 Å². The second-order valence-corrected chi connectivity index (χ2v) is 4.46. The highest BCUT2D eigenvalue weighted by Crippen LogP contribution is 2.10. The molecule has 1 nitrogen and oxygen atoms in total. The molecule has 96 valence electrons. The van der Waals surface area contributed by atoms with Gasteiger partial charge in [0.15, 0.2) is 0 Å². The predicted molar refractivity (Wildman–Crippen MR) is 76.4 cm³/mol. The number of allylic oxidation sites excluding steroid dienone is 4. The van der Waals surface area contributed by atoms with Gasteiger partial charge in [-0.25, -0.2) is 0 Å². The standard InChI is InChI=1S/C15H23ClO/c1-4-12-17-13-6-9-14(2)7-5-8-15(3)10-11-16/h1,7,10H,5-6,8-9,11-13H2,2-3H3. The Hall–Kier alpha value is -0.710. The molecule has 0 aromatic rings. The molecule has 0 aliphatic heterocycles. The molecule has 0 fully saturated rings. The first-order valence-corrected chi connectivity index (χ1v) is 6.62. The summed E-state index contributed by atoms with van der Waals surface area (Å²) >= 11 is 5.63. The van der Waals surface area contributed by atoms with Gasteiger partial charge in [-0.2, -0.15) is 0 Å². The Morgan fingerprint density at radius 1 is 1.24 bits per heavy atom. The van der Waals surface area contributed by atoms with Crippen LogP contribution in [0.5, 0.6) is 0 Å². The maximum Gasteiger partial charge on any atom is 0.107 e. The number of halogens is 1. The third kappa shape index (κ3) is 11.6. The lowest BCUT2D eigenvalue weighted by molar-refractivity contribution is 0.164. The molecule has 2 heteroatoms. The average molecular weight is 255 g/mol. The smallest absolute Gasteiger partial charge is 0.107 e. The van der Waals surface area contributed by atoms with Crippen LogP contribution in [-0.2, 0) is 4.74 Å². The molecule has 0 amide bonds.